The van der Waals surface area contributed by atoms with E-state index in [0.717, 1.165) is 6.54 Å². The third-order valence-electron chi connectivity index (χ3n) is 4.88. The van der Waals surface area contributed by atoms with Gasteiger partial charge in [-0.1, -0.05) is 42.5 Å². The first-order valence-corrected chi connectivity index (χ1v) is 8.45. The third-order valence-corrected chi connectivity index (χ3v) is 4.88. The fraction of sp³-hybridized carbons (Fsp3) is 0.381. The van der Waals surface area contributed by atoms with Gasteiger partial charge in [0.2, 0.25) is 0 Å². The Morgan fingerprint density at radius 2 is 1.64 bits per heavy atom. The smallest absolute Gasteiger partial charge is 0.183 e. The van der Waals surface area contributed by atoms with Crippen LogP contribution in [0.25, 0.3) is 0 Å². The lowest BCUT2D eigenvalue weighted by molar-refractivity contribution is -0.499. The fourth-order valence-electron chi connectivity index (χ4n) is 3.47. The van der Waals surface area contributed by atoms with Crippen LogP contribution in [-0.4, -0.2) is 23.9 Å². The Hall–Kier alpha value is -1.89. The van der Waals surface area contributed by atoms with Crippen molar-refractivity contribution in [3.05, 3.63) is 70.8 Å². The number of likely N-dealkylation sites (N-methyl/N-ethyl adjacent to an activating group) is 1. The van der Waals surface area contributed by atoms with Gasteiger partial charge in [0.15, 0.2) is 5.71 Å². The third kappa shape index (κ3) is 3.30. The van der Waals surface area contributed by atoms with Gasteiger partial charge in [0.05, 0.1) is 0 Å². The lowest BCUT2D eigenvalue weighted by Crippen LogP contribution is -2.27. The Morgan fingerprint density at radius 3 is 2.50 bits per heavy atom. The molecule has 0 atom stereocenters. The van der Waals surface area contributed by atoms with Gasteiger partial charge in [-0.2, -0.15) is 0 Å². The zero-order chi connectivity index (χ0) is 15.4. The predicted molar refractivity (Wildman–Crippen MR) is 94.0 cm³/mol. The normalized spacial score (nSPS) is 14.1. The van der Waals surface area contributed by atoms with Gasteiger partial charge in [0.1, 0.15) is 13.6 Å². The maximum absolute atomic E-state index is 2.45. The molecule has 0 aromatic heterocycles. The molecule has 1 nitrogen and oxygen atoms in total. The average Bonchev–Trinajstić information content (AvgIpc) is 2.55. The summed E-state index contributed by atoms with van der Waals surface area (Å²) < 4.78 is 2.45. The quantitative estimate of drug-likeness (QED) is 0.568. The van der Waals surface area contributed by atoms with Crippen molar-refractivity contribution in [1.82, 2.24) is 0 Å². The van der Waals surface area contributed by atoms with E-state index in [1.165, 1.54) is 60.1 Å². The first-order valence-electron chi connectivity index (χ1n) is 8.45. The number of nitrogens with zero attached hydrogens (tertiary/aromatic N) is 1. The number of hydrogen-bond acceptors (Lipinski definition) is 0. The second-order valence-corrected chi connectivity index (χ2v) is 6.41. The van der Waals surface area contributed by atoms with Gasteiger partial charge in [-0.25, -0.2) is 4.58 Å². The van der Waals surface area contributed by atoms with E-state index in [1.54, 1.807) is 0 Å². The molecule has 22 heavy (non-hydrogen) atoms. The Labute approximate surface area is 134 Å². The van der Waals surface area contributed by atoms with E-state index in [0.29, 0.717) is 0 Å². The average molecular weight is 292 g/mol. The molecule has 0 bridgehead atoms. The summed E-state index contributed by atoms with van der Waals surface area (Å²) in [4.78, 5) is 0. The number of aryl methyl sites for hydroxylation is 2. The Kier molecular flexibility index (Phi) is 4.72. The summed E-state index contributed by atoms with van der Waals surface area (Å²) in [5.41, 5.74) is 7.47. The number of hydrogen-bond donors (Lipinski definition) is 0. The topological polar surface area (TPSA) is 3.01 Å². The van der Waals surface area contributed by atoms with Gasteiger partial charge in [-0.3, -0.25) is 0 Å². The van der Waals surface area contributed by atoms with Crippen molar-refractivity contribution in [3.8, 4) is 0 Å². The molecular weight excluding hydrogens is 266 g/mol. The van der Waals surface area contributed by atoms with Crippen LogP contribution in [0.5, 0.6) is 0 Å². The van der Waals surface area contributed by atoms with Crippen molar-refractivity contribution in [2.45, 2.75) is 39.0 Å². The second-order valence-electron chi connectivity index (χ2n) is 6.41. The molecule has 114 valence electrons. The molecule has 2 aromatic rings. The van der Waals surface area contributed by atoms with E-state index in [9.17, 15) is 0 Å². The van der Waals surface area contributed by atoms with E-state index >= 15 is 0 Å². The van der Waals surface area contributed by atoms with Crippen LogP contribution in [0.15, 0.2) is 48.5 Å². The van der Waals surface area contributed by atoms with Crippen molar-refractivity contribution in [3.63, 3.8) is 0 Å². The fourth-order valence-corrected chi connectivity index (χ4v) is 3.47. The highest BCUT2D eigenvalue weighted by Gasteiger charge is 2.21. The molecule has 0 spiro atoms. The Bertz CT molecular complexity index is 682. The van der Waals surface area contributed by atoms with Crippen LogP contribution in [0, 0.1) is 6.92 Å². The van der Waals surface area contributed by atoms with Crippen molar-refractivity contribution >= 4 is 5.71 Å². The zero-order valence-electron chi connectivity index (χ0n) is 13.8. The minimum atomic E-state index is 1.16. The van der Waals surface area contributed by atoms with Gasteiger partial charge < -0.3 is 0 Å². The number of benzene rings is 2. The van der Waals surface area contributed by atoms with Crippen LogP contribution in [-0.2, 0) is 12.8 Å². The highest BCUT2D eigenvalue weighted by Crippen LogP contribution is 2.19. The van der Waals surface area contributed by atoms with Crippen molar-refractivity contribution in [2.75, 3.05) is 13.6 Å². The molecule has 0 fully saturated rings. The van der Waals surface area contributed by atoms with Crippen molar-refractivity contribution in [1.29, 1.82) is 0 Å². The summed E-state index contributed by atoms with van der Waals surface area (Å²) in [5.74, 6) is 0. The number of unbranched alkanes of at least 4 members (excludes halogenated alkanes) is 1. The first-order chi connectivity index (χ1) is 10.8. The van der Waals surface area contributed by atoms with Crippen LogP contribution in [0.4, 0.5) is 0 Å². The summed E-state index contributed by atoms with van der Waals surface area (Å²) in [5, 5.41) is 0. The van der Waals surface area contributed by atoms with Crippen LogP contribution in [0.1, 0.15) is 41.5 Å². The summed E-state index contributed by atoms with van der Waals surface area (Å²) in [6.45, 7) is 3.37. The summed E-state index contributed by atoms with van der Waals surface area (Å²) in [6.07, 6.45) is 6.11. The van der Waals surface area contributed by atoms with E-state index in [4.69, 9.17) is 0 Å². The number of rotatable bonds is 5. The van der Waals surface area contributed by atoms with Crippen LogP contribution < -0.4 is 0 Å². The molecule has 0 radical (unpaired) electrons. The molecule has 0 amide bonds. The molecule has 0 saturated heterocycles. The SMILES string of the molecule is Cc1ccccc1CCCCC1=[N+](C)CCc2ccccc21. The number of fused-ring (bicyclic) bond motifs is 1. The highest BCUT2D eigenvalue weighted by atomic mass is 15.0. The summed E-state index contributed by atoms with van der Waals surface area (Å²) >= 11 is 0. The van der Waals surface area contributed by atoms with Crippen molar-refractivity contribution in [2.24, 2.45) is 0 Å². The van der Waals surface area contributed by atoms with Gasteiger partial charge in [0, 0.05) is 18.4 Å². The highest BCUT2D eigenvalue weighted by molar-refractivity contribution is 5.98. The van der Waals surface area contributed by atoms with Gasteiger partial charge >= 0.3 is 0 Å². The zero-order valence-corrected chi connectivity index (χ0v) is 13.8. The van der Waals surface area contributed by atoms with Crippen LogP contribution in [0.2, 0.25) is 0 Å². The first kappa shape index (κ1) is 15.0. The van der Waals surface area contributed by atoms with E-state index < -0.39 is 0 Å². The molecule has 1 aliphatic rings. The minimum Gasteiger partial charge on any atom is -0.235 e. The van der Waals surface area contributed by atoms with E-state index in [2.05, 4.69) is 67.1 Å². The maximum Gasteiger partial charge on any atom is 0.183 e. The van der Waals surface area contributed by atoms with Gasteiger partial charge in [0.25, 0.3) is 0 Å². The molecule has 0 N–H and O–H groups in total. The molecule has 0 saturated carbocycles. The molecule has 1 heterocycles. The van der Waals surface area contributed by atoms with Crippen LogP contribution >= 0.6 is 0 Å². The molecule has 0 unspecified atom stereocenters. The Balaban J connectivity index is 1.61. The monoisotopic (exact) mass is 292 g/mol. The summed E-state index contributed by atoms with van der Waals surface area (Å²) in [7, 11) is 2.24. The standard InChI is InChI=1S/C21H26N/c1-17-9-3-4-10-18(17)11-6-8-14-21-20-13-7-5-12-19(20)15-16-22(21)2/h3-5,7,9-10,12-13H,6,8,11,14-16H2,1-2H3/q+1. The molecule has 2 aromatic carbocycles. The predicted octanol–water partition coefficient (Wildman–Crippen LogP) is 4.40. The molecule has 1 heteroatoms. The Morgan fingerprint density at radius 1 is 0.909 bits per heavy atom. The maximum atomic E-state index is 2.45. The lowest BCUT2D eigenvalue weighted by atomic mass is 9.93. The van der Waals surface area contributed by atoms with Crippen LogP contribution in [0.3, 0.4) is 0 Å². The lowest BCUT2D eigenvalue weighted by Gasteiger charge is -2.16. The molecule has 3 rings (SSSR count). The van der Waals surface area contributed by atoms with E-state index in [1.807, 2.05) is 0 Å². The largest absolute Gasteiger partial charge is 0.235 e. The second kappa shape index (κ2) is 6.91. The molecular formula is C21H26N+. The molecule has 1 aliphatic heterocycles. The summed E-state index contributed by atoms with van der Waals surface area (Å²) in [6, 6.07) is 17.7. The van der Waals surface area contributed by atoms with Crippen molar-refractivity contribution < 1.29 is 4.58 Å². The van der Waals surface area contributed by atoms with E-state index in [-0.39, 0.29) is 0 Å². The minimum absolute atomic E-state index is 1.16. The van der Waals surface area contributed by atoms with Gasteiger partial charge in [-0.15, -0.1) is 0 Å². The molecule has 0 aliphatic carbocycles. The van der Waals surface area contributed by atoms with Gasteiger partial charge in [-0.05, 0) is 48.9 Å².